The van der Waals surface area contributed by atoms with Gasteiger partial charge in [0, 0.05) is 11.8 Å². The first kappa shape index (κ1) is 12.6. The van der Waals surface area contributed by atoms with E-state index in [0.717, 1.165) is 24.1 Å². The van der Waals surface area contributed by atoms with Crippen molar-refractivity contribution in [2.24, 2.45) is 5.92 Å². The second-order valence-corrected chi connectivity index (χ2v) is 4.23. The zero-order chi connectivity index (χ0) is 9.23. The van der Waals surface area contributed by atoms with Crippen molar-refractivity contribution in [1.82, 2.24) is 0 Å². The summed E-state index contributed by atoms with van der Waals surface area (Å²) in [5.74, 6) is 2.47. The van der Waals surface area contributed by atoms with Crippen molar-refractivity contribution in [1.29, 1.82) is 0 Å². The number of halogens is 2. The SMILES string of the molecule is CC(CCCCl)CCCCCCl. The normalized spacial score (nSPS) is 13.2. The lowest BCUT2D eigenvalue weighted by Crippen LogP contribution is -1.95. The first-order valence-electron chi connectivity index (χ1n) is 4.93. The van der Waals surface area contributed by atoms with Crippen LogP contribution in [-0.4, -0.2) is 11.8 Å². The number of hydrogen-bond acceptors (Lipinski definition) is 0. The van der Waals surface area contributed by atoms with Crippen LogP contribution in [0.15, 0.2) is 0 Å². The molecule has 1 atom stereocenters. The quantitative estimate of drug-likeness (QED) is 0.411. The summed E-state index contributed by atoms with van der Waals surface area (Å²) in [5, 5.41) is 0. The van der Waals surface area contributed by atoms with Crippen molar-refractivity contribution < 1.29 is 0 Å². The van der Waals surface area contributed by atoms with Gasteiger partial charge in [-0.15, -0.1) is 23.2 Å². The molecule has 2 heteroatoms. The predicted molar refractivity (Wildman–Crippen MR) is 58.3 cm³/mol. The average molecular weight is 211 g/mol. The standard InChI is InChI=1S/C10H20Cl2/c1-10(7-5-9-12)6-3-2-4-8-11/h10H,2-9H2,1H3. The van der Waals surface area contributed by atoms with Crippen molar-refractivity contribution in [3.8, 4) is 0 Å². The van der Waals surface area contributed by atoms with Gasteiger partial charge in [-0.25, -0.2) is 0 Å². The molecule has 0 fully saturated rings. The van der Waals surface area contributed by atoms with E-state index in [2.05, 4.69) is 6.92 Å². The molecule has 0 nitrogen and oxygen atoms in total. The van der Waals surface area contributed by atoms with Gasteiger partial charge in [-0.05, 0) is 25.2 Å². The van der Waals surface area contributed by atoms with Gasteiger partial charge in [-0.1, -0.05) is 26.2 Å². The fourth-order valence-corrected chi connectivity index (χ4v) is 1.68. The summed E-state index contributed by atoms with van der Waals surface area (Å²) in [7, 11) is 0. The smallest absolute Gasteiger partial charge is 0.0223 e. The molecule has 0 aliphatic rings. The monoisotopic (exact) mass is 210 g/mol. The van der Waals surface area contributed by atoms with E-state index >= 15 is 0 Å². The van der Waals surface area contributed by atoms with Gasteiger partial charge in [0.15, 0.2) is 0 Å². The Hall–Kier alpha value is 0.580. The van der Waals surface area contributed by atoms with Gasteiger partial charge in [0.25, 0.3) is 0 Å². The molecule has 0 aliphatic carbocycles. The maximum absolute atomic E-state index is 5.61. The van der Waals surface area contributed by atoms with Crippen LogP contribution in [0.1, 0.15) is 45.4 Å². The van der Waals surface area contributed by atoms with Crippen LogP contribution < -0.4 is 0 Å². The third kappa shape index (κ3) is 8.67. The van der Waals surface area contributed by atoms with E-state index < -0.39 is 0 Å². The minimum Gasteiger partial charge on any atom is -0.127 e. The minimum absolute atomic E-state index is 0.812. The molecule has 74 valence electrons. The molecule has 0 aromatic heterocycles. The average Bonchev–Trinajstić information content (AvgIpc) is 2.09. The van der Waals surface area contributed by atoms with Crippen LogP contribution in [-0.2, 0) is 0 Å². The molecule has 0 saturated heterocycles. The van der Waals surface area contributed by atoms with E-state index in [-0.39, 0.29) is 0 Å². The lowest BCUT2D eigenvalue weighted by Gasteiger charge is -2.08. The van der Waals surface area contributed by atoms with Crippen molar-refractivity contribution in [2.75, 3.05) is 11.8 Å². The highest BCUT2D eigenvalue weighted by molar-refractivity contribution is 6.18. The molecule has 0 aromatic carbocycles. The van der Waals surface area contributed by atoms with Crippen molar-refractivity contribution >= 4 is 23.2 Å². The van der Waals surface area contributed by atoms with Gasteiger partial charge < -0.3 is 0 Å². The molecular formula is C10H20Cl2. The van der Waals surface area contributed by atoms with Crippen molar-refractivity contribution in [3.63, 3.8) is 0 Å². The fraction of sp³-hybridized carbons (Fsp3) is 1.00. The first-order valence-corrected chi connectivity index (χ1v) is 6.00. The largest absolute Gasteiger partial charge is 0.127 e. The van der Waals surface area contributed by atoms with Crippen LogP contribution in [0.5, 0.6) is 0 Å². The Balaban J connectivity index is 3.02. The van der Waals surface area contributed by atoms with Crippen LogP contribution in [0.2, 0.25) is 0 Å². The van der Waals surface area contributed by atoms with Crippen molar-refractivity contribution in [3.05, 3.63) is 0 Å². The highest BCUT2D eigenvalue weighted by Crippen LogP contribution is 2.15. The Labute approximate surface area is 86.6 Å². The number of alkyl halides is 2. The minimum atomic E-state index is 0.812. The van der Waals surface area contributed by atoms with Crippen LogP contribution in [0.3, 0.4) is 0 Å². The maximum atomic E-state index is 5.61. The Morgan fingerprint density at radius 1 is 0.833 bits per heavy atom. The zero-order valence-electron chi connectivity index (χ0n) is 7.99. The third-order valence-corrected chi connectivity index (χ3v) is 2.70. The molecule has 0 saturated carbocycles. The van der Waals surface area contributed by atoms with Gasteiger partial charge in [0.2, 0.25) is 0 Å². The fourth-order valence-electron chi connectivity index (χ4n) is 1.33. The number of unbranched alkanes of at least 4 members (excludes halogenated alkanes) is 2. The summed E-state index contributed by atoms with van der Waals surface area (Å²) in [6, 6.07) is 0. The summed E-state index contributed by atoms with van der Waals surface area (Å²) >= 11 is 11.2. The second kappa shape index (κ2) is 9.67. The molecule has 0 bridgehead atoms. The summed E-state index contributed by atoms with van der Waals surface area (Å²) < 4.78 is 0. The maximum Gasteiger partial charge on any atom is 0.0223 e. The third-order valence-electron chi connectivity index (χ3n) is 2.16. The van der Waals surface area contributed by atoms with E-state index in [1.807, 2.05) is 0 Å². The molecule has 12 heavy (non-hydrogen) atoms. The van der Waals surface area contributed by atoms with Crippen LogP contribution >= 0.6 is 23.2 Å². The van der Waals surface area contributed by atoms with Crippen molar-refractivity contribution in [2.45, 2.75) is 45.4 Å². The topological polar surface area (TPSA) is 0 Å². The molecule has 0 radical (unpaired) electrons. The molecule has 0 heterocycles. The Kier molecular flexibility index (Phi) is 10.1. The van der Waals surface area contributed by atoms with Gasteiger partial charge in [0.1, 0.15) is 0 Å². The summed E-state index contributed by atoms with van der Waals surface area (Å²) in [6.07, 6.45) is 7.57. The molecule has 0 aliphatic heterocycles. The Morgan fingerprint density at radius 3 is 2.00 bits per heavy atom. The summed E-state index contributed by atoms with van der Waals surface area (Å²) in [6.45, 7) is 2.31. The lowest BCUT2D eigenvalue weighted by atomic mass is 9.99. The first-order chi connectivity index (χ1) is 5.81. The molecule has 0 rings (SSSR count). The van der Waals surface area contributed by atoms with Crippen LogP contribution in [0.25, 0.3) is 0 Å². The van der Waals surface area contributed by atoms with Crippen LogP contribution in [0.4, 0.5) is 0 Å². The predicted octanol–water partition coefficient (Wildman–Crippen LogP) is 4.44. The van der Waals surface area contributed by atoms with E-state index in [0.29, 0.717) is 0 Å². The van der Waals surface area contributed by atoms with E-state index in [4.69, 9.17) is 23.2 Å². The zero-order valence-corrected chi connectivity index (χ0v) is 9.50. The van der Waals surface area contributed by atoms with Gasteiger partial charge in [0.05, 0.1) is 0 Å². The van der Waals surface area contributed by atoms with E-state index in [9.17, 15) is 0 Å². The molecule has 0 amide bonds. The molecule has 0 spiro atoms. The molecular weight excluding hydrogens is 191 g/mol. The number of rotatable bonds is 8. The Morgan fingerprint density at radius 2 is 1.42 bits per heavy atom. The number of hydrogen-bond donors (Lipinski definition) is 0. The van der Waals surface area contributed by atoms with Gasteiger partial charge in [-0.2, -0.15) is 0 Å². The summed E-state index contributed by atoms with van der Waals surface area (Å²) in [4.78, 5) is 0. The highest BCUT2D eigenvalue weighted by Gasteiger charge is 2.00. The van der Waals surface area contributed by atoms with Crippen LogP contribution in [0, 0.1) is 5.92 Å². The highest BCUT2D eigenvalue weighted by atomic mass is 35.5. The van der Waals surface area contributed by atoms with Gasteiger partial charge >= 0.3 is 0 Å². The molecule has 1 unspecified atom stereocenters. The Bertz CT molecular complexity index is 83.9. The molecule has 0 N–H and O–H groups in total. The summed E-state index contributed by atoms with van der Waals surface area (Å²) in [5.41, 5.74) is 0. The van der Waals surface area contributed by atoms with E-state index in [1.54, 1.807) is 0 Å². The molecule has 0 aromatic rings. The van der Waals surface area contributed by atoms with Gasteiger partial charge in [-0.3, -0.25) is 0 Å². The lowest BCUT2D eigenvalue weighted by molar-refractivity contribution is 0.460. The van der Waals surface area contributed by atoms with E-state index in [1.165, 1.54) is 32.1 Å². The second-order valence-electron chi connectivity index (χ2n) is 3.47.